The van der Waals surface area contributed by atoms with Crippen LogP contribution in [0.1, 0.15) is 110 Å². The minimum Gasteiger partial charge on any atom is -0.251 e. The first kappa shape index (κ1) is 20.0. The molecule has 0 saturated heterocycles. The summed E-state index contributed by atoms with van der Waals surface area (Å²) >= 11 is 0. The maximum Gasteiger partial charge on any atom is 0.0928 e. The average Bonchev–Trinajstić information content (AvgIpc) is 2.64. The Morgan fingerprint density at radius 1 is 0.875 bits per heavy atom. The second-order valence-electron chi connectivity index (χ2n) is 8.72. The highest BCUT2D eigenvalue weighted by atomic mass is 19.1. The Labute approximate surface area is 150 Å². The number of halogens is 1. The molecule has 0 unspecified atom stereocenters. The monoisotopic (exact) mass is 336 g/mol. The molecule has 1 heteroatoms. The van der Waals surface area contributed by atoms with Crippen molar-refractivity contribution in [1.29, 1.82) is 0 Å². The topological polar surface area (TPSA) is 0 Å². The molecule has 2 aliphatic carbocycles. The van der Waals surface area contributed by atoms with E-state index in [1.54, 1.807) is 0 Å². The van der Waals surface area contributed by atoms with E-state index in [2.05, 4.69) is 13.0 Å². The largest absolute Gasteiger partial charge is 0.251 e. The molecule has 0 nitrogen and oxygen atoms in total. The molecule has 2 aliphatic rings. The van der Waals surface area contributed by atoms with Crippen molar-refractivity contribution in [2.75, 3.05) is 6.67 Å². The van der Waals surface area contributed by atoms with Gasteiger partial charge in [0.2, 0.25) is 0 Å². The molecule has 0 atom stereocenters. The van der Waals surface area contributed by atoms with Gasteiger partial charge in [-0.15, -0.1) is 0 Å². The first-order valence-corrected chi connectivity index (χ1v) is 11.0. The first-order chi connectivity index (χ1) is 11.8. The SMILES string of the molecule is CCC1(CCC2CCC(CCCC=CCCF)CC2)CCCCC1. The molecule has 0 spiro atoms. The van der Waals surface area contributed by atoms with Crippen LogP contribution in [-0.4, -0.2) is 6.67 Å². The maximum atomic E-state index is 12.0. The predicted octanol–water partition coefficient (Wildman–Crippen LogP) is 8.02. The van der Waals surface area contributed by atoms with Crippen molar-refractivity contribution < 1.29 is 4.39 Å². The summed E-state index contributed by atoms with van der Waals surface area (Å²) in [5, 5.41) is 0. The molecule has 2 saturated carbocycles. The van der Waals surface area contributed by atoms with Gasteiger partial charge in [-0.05, 0) is 62.2 Å². The summed E-state index contributed by atoms with van der Waals surface area (Å²) in [5.41, 5.74) is 0.723. The van der Waals surface area contributed by atoms with E-state index in [-0.39, 0.29) is 6.67 Å². The van der Waals surface area contributed by atoms with E-state index in [4.69, 9.17) is 0 Å². The number of alkyl halides is 1. The highest BCUT2D eigenvalue weighted by Gasteiger charge is 2.31. The Balaban J connectivity index is 1.57. The zero-order valence-corrected chi connectivity index (χ0v) is 16.2. The molecule has 0 aromatic carbocycles. The fourth-order valence-corrected chi connectivity index (χ4v) is 5.22. The highest BCUT2D eigenvalue weighted by molar-refractivity contribution is 4.84. The van der Waals surface area contributed by atoms with Crippen LogP contribution in [0.3, 0.4) is 0 Å². The Morgan fingerprint density at radius 3 is 2.12 bits per heavy atom. The molecule has 0 amide bonds. The van der Waals surface area contributed by atoms with Crippen LogP contribution in [-0.2, 0) is 0 Å². The summed E-state index contributed by atoms with van der Waals surface area (Å²) in [7, 11) is 0. The van der Waals surface area contributed by atoms with Gasteiger partial charge in [0.15, 0.2) is 0 Å². The average molecular weight is 337 g/mol. The minimum absolute atomic E-state index is 0.209. The standard InChI is InChI=1S/C23H41F/c1-2-23(17-8-6-9-18-23)19-16-22-14-12-21(13-15-22)11-7-4-3-5-10-20-24/h3,5,21-22H,2,4,6-20H2,1H3. The van der Waals surface area contributed by atoms with Crippen LogP contribution >= 0.6 is 0 Å². The normalized spacial score (nSPS) is 27.6. The predicted molar refractivity (Wildman–Crippen MR) is 104 cm³/mol. The van der Waals surface area contributed by atoms with Crippen molar-refractivity contribution in [3.63, 3.8) is 0 Å². The third kappa shape index (κ3) is 6.89. The molecule has 0 aromatic heterocycles. The number of hydrogen-bond acceptors (Lipinski definition) is 0. The van der Waals surface area contributed by atoms with Gasteiger partial charge in [0.05, 0.1) is 6.67 Å². The van der Waals surface area contributed by atoms with E-state index in [1.165, 1.54) is 89.9 Å². The van der Waals surface area contributed by atoms with E-state index in [9.17, 15) is 4.39 Å². The Hall–Kier alpha value is -0.330. The number of rotatable bonds is 10. The Kier molecular flexibility index (Phi) is 9.43. The number of unbranched alkanes of at least 4 members (excludes halogenated alkanes) is 1. The molecule has 0 heterocycles. The Bertz CT molecular complexity index is 332. The zero-order chi connectivity index (χ0) is 17.1. The molecule has 24 heavy (non-hydrogen) atoms. The molecule has 0 aliphatic heterocycles. The number of hydrogen-bond donors (Lipinski definition) is 0. The molecule has 0 N–H and O–H groups in total. The lowest BCUT2D eigenvalue weighted by molar-refractivity contribution is 0.138. The molecule has 0 radical (unpaired) electrons. The van der Waals surface area contributed by atoms with Gasteiger partial charge in [-0.25, -0.2) is 0 Å². The van der Waals surface area contributed by atoms with Crippen LogP contribution in [0.5, 0.6) is 0 Å². The van der Waals surface area contributed by atoms with E-state index >= 15 is 0 Å². The molecular formula is C23H41F. The smallest absolute Gasteiger partial charge is 0.0928 e. The lowest BCUT2D eigenvalue weighted by atomic mass is 9.67. The van der Waals surface area contributed by atoms with Gasteiger partial charge in [-0.1, -0.05) is 76.9 Å². The molecule has 2 fully saturated rings. The molecule has 2 rings (SSSR count). The molecular weight excluding hydrogens is 295 g/mol. The van der Waals surface area contributed by atoms with Crippen molar-refractivity contribution in [1.82, 2.24) is 0 Å². The van der Waals surface area contributed by atoms with Gasteiger partial charge < -0.3 is 0 Å². The van der Waals surface area contributed by atoms with Crippen molar-refractivity contribution in [3.05, 3.63) is 12.2 Å². The quantitative estimate of drug-likeness (QED) is 0.280. The van der Waals surface area contributed by atoms with Crippen LogP contribution < -0.4 is 0 Å². The van der Waals surface area contributed by atoms with Crippen LogP contribution in [0.25, 0.3) is 0 Å². The van der Waals surface area contributed by atoms with Gasteiger partial charge in [0.1, 0.15) is 0 Å². The lowest BCUT2D eigenvalue weighted by Gasteiger charge is -2.38. The van der Waals surface area contributed by atoms with Crippen molar-refractivity contribution in [2.24, 2.45) is 17.3 Å². The molecule has 0 aromatic rings. The van der Waals surface area contributed by atoms with E-state index < -0.39 is 0 Å². The van der Waals surface area contributed by atoms with E-state index in [0.29, 0.717) is 6.42 Å². The third-order valence-corrected chi connectivity index (χ3v) is 7.14. The summed E-state index contributed by atoms with van der Waals surface area (Å²) in [6.07, 6.45) is 26.5. The van der Waals surface area contributed by atoms with Gasteiger partial charge in [-0.3, -0.25) is 4.39 Å². The second kappa shape index (κ2) is 11.3. The van der Waals surface area contributed by atoms with Crippen molar-refractivity contribution >= 4 is 0 Å². The van der Waals surface area contributed by atoms with Gasteiger partial charge in [-0.2, -0.15) is 0 Å². The molecule has 0 bridgehead atoms. The summed E-state index contributed by atoms with van der Waals surface area (Å²) in [4.78, 5) is 0. The summed E-state index contributed by atoms with van der Waals surface area (Å²) in [6, 6.07) is 0. The highest BCUT2D eigenvalue weighted by Crippen LogP contribution is 2.45. The van der Waals surface area contributed by atoms with Crippen molar-refractivity contribution in [3.8, 4) is 0 Å². The third-order valence-electron chi connectivity index (χ3n) is 7.14. The first-order valence-electron chi connectivity index (χ1n) is 11.0. The van der Waals surface area contributed by atoms with Crippen LogP contribution in [0.15, 0.2) is 12.2 Å². The Morgan fingerprint density at radius 2 is 1.50 bits per heavy atom. The second-order valence-corrected chi connectivity index (χ2v) is 8.72. The van der Waals surface area contributed by atoms with Crippen LogP contribution in [0.2, 0.25) is 0 Å². The lowest BCUT2D eigenvalue weighted by Crippen LogP contribution is -2.25. The van der Waals surface area contributed by atoms with Crippen LogP contribution in [0, 0.1) is 17.3 Å². The fourth-order valence-electron chi connectivity index (χ4n) is 5.22. The van der Waals surface area contributed by atoms with Gasteiger partial charge >= 0.3 is 0 Å². The van der Waals surface area contributed by atoms with E-state index in [0.717, 1.165) is 23.7 Å². The zero-order valence-electron chi connectivity index (χ0n) is 16.2. The maximum absolute atomic E-state index is 12.0. The summed E-state index contributed by atoms with van der Waals surface area (Å²) < 4.78 is 12.0. The van der Waals surface area contributed by atoms with Gasteiger partial charge in [0, 0.05) is 0 Å². The summed E-state index contributed by atoms with van der Waals surface area (Å²) in [5.74, 6) is 2.00. The van der Waals surface area contributed by atoms with Gasteiger partial charge in [0.25, 0.3) is 0 Å². The summed E-state index contributed by atoms with van der Waals surface area (Å²) in [6.45, 7) is 2.23. The van der Waals surface area contributed by atoms with E-state index in [1.807, 2.05) is 6.08 Å². The fraction of sp³-hybridized carbons (Fsp3) is 0.913. The van der Waals surface area contributed by atoms with Crippen LogP contribution in [0.4, 0.5) is 4.39 Å². The van der Waals surface area contributed by atoms with Crippen molar-refractivity contribution in [2.45, 2.75) is 110 Å². The minimum atomic E-state index is -0.209. The number of allylic oxidation sites excluding steroid dienone is 2. The molecule has 140 valence electrons.